The number of amides is 2. The van der Waals surface area contributed by atoms with E-state index < -0.39 is 11.8 Å². The van der Waals surface area contributed by atoms with Crippen LogP contribution in [0.15, 0.2) is 64.2 Å². The number of nitrogens with two attached hydrogens (primary N) is 1. The van der Waals surface area contributed by atoms with Crippen LogP contribution in [0.3, 0.4) is 0 Å². The molecule has 0 unspecified atom stereocenters. The summed E-state index contributed by atoms with van der Waals surface area (Å²) in [6, 6.07) is 12.8. The number of furan rings is 1. The van der Waals surface area contributed by atoms with E-state index in [1.54, 1.807) is 36.4 Å². The minimum atomic E-state index is -0.521. The van der Waals surface area contributed by atoms with E-state index in [1.165, 1.54) is 39.7 Å². The van der Waals surface area contributed by atoms with E-state index in [9.17, 15) is 9.59 Å². The van der Waals surface area contributed by atoms with Gasteiger partial charge in [-0.15, -0.1) is 0 Å². The average molecular weight is 454 g/mol. The molecule has 0 aliphatic carbocycles. The Bertz CT molecular complexity index is 1120. The predicted molar refractivity (Wildman–Crippen MR) is 125 cm³/mol. The Kier molecular flexibility index (Phi) is 8.44. The molecule has 0 radical (unpaired) electrons. The summed E-state index contributed by atoms with van der Waals surface area (Å²) in [6.45, 7) is 0. The Balaban J connectivity index is 0.00000385. The summed E-state index contributed by atoms with van der Waals surface area (Å²) < 4.78 is 20.8. The lowest BCUT2D eigenvalue weighted by Crippen LogP contribution is -2.36. The van der Waals surface area contributed by atoms with Crippen molar-refractivity contribution in [3.05, 3.63) is 66.1 Å². The van der Waals surface area contributed by atoms with E-state index in [1.807, 2.05) is 0 Å². The molecule has 1 aromatic heterocycles. The second-order valence-electron chi connectivity index (χ2n) is 6.35. The molecule has 0 spiro atoms. The molecule has 2 aromatic carbocycles. The van der Waals surface area contributed by atoms with Gasteiger partial charge in [-0.25, -0.2) is 4.99 Å². The molecule has 10 nitrogen and oxygen atoms in total. The zero-order valence-corrected chi connectivity index (χ0v) is 17.7. The van der Waals surface area contributed by atoms with Gasteiger partial charge in [0, 0.05) is 11.3 Å². The minimum Gasteiger partial charge on any atom is -0.493 e. The normalized spacial score (nSPS) is 10.6. The van der Waals surface area contributed by atoms with E-state index in [0.717, 1.165) is 0 Å². The third-order valence-electron chi connectivity index (χ3n) is 4.27. The highest BCUT2D eigenvalue weighted by atomic mass is 16.5. The number of rotatable bonds is 7. The van der Waals surface area contributed by atoms with E-state index >= 15 is 0 Å². The molecule has 3 aromatic rings. The van der Waals surface area contributed by atoms with Crippen molar-refractivity contribution in [3.8, 4) is 17.2 Å². The predicted octanol–water partition coefficient (Wildman–Crippen LogP) is 3.57. The first-order valence-electron chi connectivity index (χ1n) is 9.35. The lowest BCUT2D eigenvalue weighted by molar-refractivity contribution is 0.0973. The van der Waals surface area contributed by atoms with Crippen LogP contribution >= 0.6 is 0 Å². The van der Waals surface area contributed by atoms with Crippen molar-refractivity contribution in [1.29, 1.82) is 0 Å². The Morgan fingerprint density at radius 3 is 2.21 bits per heavy atom. The van der Waals surface area contributed by atoms with Crippen molar-refractivity contribution in [2.75, 3.05) is 26.6 Å². The number of anilines is 1. The van der Waals surface area contributed by atoms with Crippen LogP contribution in [0.4, 0.5) is 11.4 Å². The Labute approximate surface area is 191 Å². The van der Waals surface area contributed by atoms with Crippen LogP contribution < -0.4 is 30.6 Å². The molecule has 33 heavy (non-hydrogen) atoms. The zero-order valence-electron chi connectivity index (χ0n) is 17.7. The largest absolute Gasteiger partial charge is 0.493 e. The SMILES string of the molecule is C.COc1cc(C(=O)NC(N)=Nc2cccc(NC(=O)c3ccco3)c2)cc(OC)c1OC. The molecule has 0 atom stereocenters. The second-order valence-corrected chi connectivity index (χ2v) is 6.35. The monoisotopic (exact) mass is 454 g/mol. The number of nitrogens with zero attached hydrogens (tertiary/aromatic N) is 1. The lowest BCUT2D eigenvalue weighted by atomic mass is 10.1. The maximum atomic E-state index is 12.6. The van der Waals surface area contributed by atoms with Gasteiger partial charge in [-0.05, 0) is 42.5 Å². The highest BCUT2D eigenvalue weighted by molar-refractivity contribution is 6.06. The molecule has 0 saturated heterocycles. The van der Waals surface area contributed by atoms with Gasteiger partial charge in [-0.3, -0.25) is 14.9 Å². The van der Waals surface area contributed by atoms with E-state index in [-0.39, 0.29) is 24.7 Å². The number of guanidine groups is 1. The summed E-state index contributed by atoms with van der Waals surface area (Å²) in [5.41, 5.74) is 7.04. The van der Waals surface area contributed by atoms with Crippen molar-refractivity contribution in [2.24, 2.45) is 10.7 Å². The summed E-state index contributed by atoms with van der Waals surface area (Å²) in [6.07, 6.45) is 1.41. The van der Waals surface area contributed by atoms with Crippen LogP contribution in [-0.4, -0.2) is 39.1 Å². The fourth-order valence-electron chi connectivity index (χ4n) is 2.82. The lowest BCUT2D eigenvalue weighted by Gasteiger charge is -2.14. The van der Waals surface area contributed by atoms with E-state index in [0.29, 0.717) is 28.6 Å². The Morgan fingerprint density at radius 2 is 1.64 bits per heavy atom. The summed E-state index contributed by atoms with van der Waals surface area (Å²) >= 11 is 0. The van der Waals surface area contributed by atoms with Gasteiger partial charge in [0.2, 0.25) is 11.7 Å². The summed E-state index contributed by atoms with van der Waals surface area (Å²) in [5.74, 6) is 0.128. The number of aliphatic imine (C=N–C) groups is 1. The number of hydrogen-bond donors (Lipinski definition) is 3. The molecule has 10 heteroatoms. The molecule has 174 valence electrons. The number of hydrogen-bond acceptors (Lipinski definition) is 7. The highest BCUT2D eigenvalue weighted by Gasteiger charge is 2.17. The summed E-state index contributed by atoms with van der Waals surface area (Å²) in [4.78, 5) is 28.9. The fourth-order valence-corrected chi connectivity index (χ4v) is 2.82. The van der Waals surface area contributed by atoms with Crippen LogP contribution in [0.25, 0.3) is 0 Å². The molecule has 1 heterocycles. The van der Waals surface area contributed by atoms with Crippen LogP contribution in [0, 0.1) is 0 Å². The number of carbonyl (C=O) groups excluding carboxylic acids is 2. The molecule has 0 aliphatic rings. The first kappa shape index (κ1) is 24.8. The minimum absolute atomic E-state index is 0. The van der Waals surface area contributed by atoms with E-state index in [2.05, 4.69) is 15.6 Å². The number of ether oxygens (including phenoxy) is 3. The molecule has 2 amide bonds. The van der Waals surface area contributed by atoms with Crippen LogP contribution in [0.5, 0.6) is 17.2 Å². The standard InChI is InChI=1S/C22H22N4O6.CH4/c1-29-17-10-13(11-18(30-2)19(17)31-3)20(27)26-22(23)25-15-7-4-6-14(12-15)24-21(28)16-8-5-9-32-16;/h4-12H,1-3H3,(H,24,28)(H3,23,25,26,27);1H4. The van der Waals surface area contributed by atoms with Gasteiger partial charge in [-0.1, -0.05) is 13.5 Å². The summed E-state index contributed by atoms with van der Waals surface area (Å²) in [5, 5.41) is 5.19. The van der Waals surface area contributed by atoms with Gasteiger partial charge in [0.25, 0.3) is 11.8 Å². The van der Waals surface area contributed by atoms with Crippen molar-refractivity contribution < 1.29 is 28.2 Å². The maximum Gasteiger partial charge on any atom is 0.291 e. The topological polar surface area (TPSA) is 137 Å². The van der Waals surface area contributed by atoms with Gasteiger partial charge in [0.05, 0.1) is 33.3 Å². The van der Waals surface area contributed by atoms with Crippen LogP contribution in [0.1, 0.15) is 28.3 Å². The number of nitrogens with one attached hydrogen (secondary N) is 2. The second kappa shape index (κ2) is 11.2. The van der Waals surface area contributed by atoms with Gasteiger partial charge in [-0.2, -0.15) is 0 Å². The van der Waals surface area contributed by atoms with Gasteiger partial charge in [0.1, 0.15) is 0 Å². The molecular formula is C23H26N4O6. The maximum absolute atomic E-state index is 12.6. The Morgan fingerprint density at radius 1 is 0.939 bits per heavy atom. The molecule has 0 bridgehead atoms. The van der Waals surface area contributed by atoms with Crippen molar-refractivity contribution in [1.82, 2.24) is 5.32 Å². The summed E-state index contributed by atoms with van der Waals surface area (Å²) in [7, 11) is 4.37. The molecule has 3 rings (SSSR count). The van der Waals surface area contributed by atoms with Gasteiger partial charge in [0.15, 0.2) is 17.3 Å². The van der Waals surface area contributed by atoms with Crippen molar-refractivity contribution >= 4 is 29.1 Å². The smallest absolute Gasteiger partial charge is 0.291 e. The first-order chi connectivity index (χ1) is 15.4. The molecule has 4 N–H and O–H groups in total. The molecule has 0 fully saturated rings. The highest BCUT2D eigenvalue weighted by Crippen LogP contribution is 2.38. The van der Waals surface area contributed by atoms with Gasteiger partial charge < -0.3 is 29.7 Å². The Hall–Kier alpha value is -4.47. The van der Waals surface area contributed by atoms with Crippen molar-refractivity contribution in [2.45, 2.75) is 7.43 Å². The number of methoxy groups -OCH3 is 3. The number of carbonyl (C=O) groups is 2. The third kappa shape index (κ3) is 6.03. The first-order valence-corrected chi connectivity index (χ1v) is 9.35. The quantitative estimate of drug-likeness (QED) is 0.366. The van der Waals surface area contributed by atoms with Crippen LogP contribution in [-0.2, 0) is 0 Å². The molecular weight excluding hydrogens is 428 g/mol. The molecule has 0 saturated carbocycles. The fraction of sp³-hybridized carbons (Fsp3) is 0.174. The number of benzene rings is 2. The third-order valence-corrected chi connectivity index (χ3v) is 4.27. The van der Waals surface area contributed by atoms with Crippen LogP contribution in [0.2, 0.25) is 0 Å². The molecule has 0 aliphatic heterocycles. The van der Waals surface area contributed by atoms with Crippen molar-refractivity contribution in [3.63, 3.8) is 0 Å². The zero-order chi connectivity index (χ0) is 23.1. The average Bonchev–Trinajstić information content (AvgIpc) is 3.33. The van der Waals surface area contributed by atoms with Gasteiger partial charge >= 0.3 is 0 Å². The van der Waals surface area contributed by atoms with E-state index in [4.69, 9.17) is 24.4 Å².